The molecule has 2 rings (SSSR count). The van der Waals surface area contributed by atoms with Gasteiger partial charge in [0.15, 0.2) is 0 Å². The first-order valence-corrected chi connectivity index (χ1v) is 5.22. The van der Waals surface area contributed by atoms with Crippen molar-refractivity contribution in [2.45, 2.75) is 25.4 Å². The van der Waals surface area contributed by atoms with Gasteiger partial charge in [-0.1, -0.05) is 0 Å². The van der Waals surface area contributed by atoms with Crippen molar-refractivity contribution in [2.75, 3.05) is 26.4 Å². The Bertz CT molecular complexity index is 152. The van der Waals surface area contributed by atoms with Crippen LogP contribution in [0.5, 0.6) is 0 Å². The Labute approximate surface area is 79.0 Å². The Kier molecular flexibility index (Phi) is 3.19. The molecule has 0 bridgehead atoms. The summed E-state index contributed by atoms with van der Waals surface area (Å²) in [6, 6.07) is 0. The zero-order chi connectivity index (χ0) is 9.10. The molecule has 0 aliphatic carbocycles. The van der Waals surface area contributed by atoms with Crippen molar-refractivity contribution in [3.05, 3.63) is 0 Å². The van der Waals surface area contributed by atoms with Gasteiger partial charge in [-0.3, -0.25) is 0 Å². The van der Waals surface area contributed by atoms with E-state index in [1.807, 2.05) is 0 Å². The van der Waals surface area contributed by atoms with Gasteiger partial charge >= 0.3 is 0 Å². The summed E-state index contributed by atoms with van der Waals surface area (Å²) >= 11 is 0. The fourth-order valence-corrected chi connectivity index (χ4v) is 2.39. The zero-order valence-corrected chi connectivity index (χ0v) is 7.95. The summed E-state index contributed by atoms with van der Waals surface area (Å²) in [5.41, 5.74) is 0. The summed E-state index contributed by atoms with van der Waals surface area (Å²) in [5.74, 6) is 0.873. The average molecular weight is 186 g/mol. The molecule has 2 saturated heterocycles. The predicted molar refractivity (Wildman–Crippen MR) is 48.5 cm³/mol. The molecule has 3 atom stereocenters. The van der Waals surface area contributed by atoms with Crippen molar-refractivity contribution in [2.24, 2.45) is 11.8 Å². The highest BCUT2D eigenvalue weighted by molar-refractivity contribution is 4.82. The molecule has 0 spiro atoms. The molecule has 1 N–H and O–H groups in total. The van der Waals surface area contributed by atoms with Crippen LogP contribution in [0.1, 0.15) is 19.3 Å². The Morgan fingerprint density at radius 2 is 2.15 bits per heavy atom. The molecule has 2 fully saturated rings. The topological polar surface area (TPSA) is 38.7 Å². The fraction of sp³-hybridized carbons (Fsp3) is 1.00. The molecule has 13 heavy (non-hydrogen) atoms. The van der Waals surface area contributed by atoms with E-state index in [9.17, 15) is 5.11 Å². The Morgan fingerprint density at radius 1 is 1.23 bits per heavy atom. The predicted octanol–water partition coefficient (Wildman–Crippen LogP) is 0.810. The van der Waals surface area contributed by atoms with Crippen molar-refractivity contribution < 1.29 is 14.6 Å². The molecular weight excluding hydrogens is 168 g/mol. The molecule has 2 aliphatic rings. The molecular formula is C10H18O3. The lowest BCUT2D eigenvalue weighted by molar-refractivity contribution is -0.0752. The summed E-state index contributed by atoms with van der Waals surface area (Å²) in [5, 5.41) is 9.20. The maximum absolute atomic E-state index is 9.20. The number of hydrogen-bond acceptors (Lipinski definition) is 3. The lowest BCUT2D eigenvalue weighted by Gasteiger charge is -2.33. The van der Waals surface area contributed by atoms with Crippen LogP contribution in [-0.4, -0.2) is 37.6 Å². The number of ether oxygens (including phenoxy) is 2. The number of aliphatic hydroxyl groups is 1. The van der Waals surface area contributed by atoms with Crippen LogP contribution in [0.2, 0.25) is 0 Å². The van der Waals surface area contributed by atoms with Gasteiger partial charge in [-0.25, -0.2) is 0 Å². The quantitative estimate of drug-likeness (QED) is 0.693. The van der Waals surface area contributed by atoms with Gasteiger partial charge in [-0.05, 0) is 19.3 Å². The lowest BCUT2D eigenvalue weighted by Crippen LogP contribution is -2.38. The SMILES string of the molecule is OCC1CCCOC1C1CCOC1. The Hall–Kier alpha value is -0.120. The van der Waals surface area contributed by atoms with Crippen molar-refractivity contribution in [3.8, 4) is 0 Å². The van der Waals surface area contributed by atoms with Crippen LogP contribution in [0, 0.1) is 11.8 Å². The van der Waals surface area contributed by atoms with E-state index in [2.05, 4.69) is 0 Å². The van der Waals surface area contributed by atoms with Crippen LogP contribution >= 0.6 is 0 Å². The van der Waals surface area contributed by atoms with Crippen molar-refractivity contribution >= 4 is 0 Å². The van der Waals surface area contributed by atoms with Crippen LogP contribution in [-0.2, 0) is 9.47 Å². The molecule has 0 saturated carbocycles. The minimum absolute atomic E-state index is 0.251. The normalized spacial score (nSPS) is 40.8. The van der Waals surface area contributed by atoms with Gasteiger partial charge in [-0.15, -0.1) is 0 Å². The molecule has 3 heteroatoms. The van der Waals surface area contributed by atoms with Crippen LogP contribution in [0.15, 0.2) is 0 Å². The summed E-state index contributed by atoms with van der Waals surface area (Å²) in [4.78, 5) is 0. The molecule has 0 aromatic carbocycles. The highest BCUT2D eigenvalue weighted by Crippen LogP contribution is 2.30. The van der Waals surface area contributed by atoms with E-state index in [1.54, 1.807) is 0 Å². The Balaban J connectivity index is 1.93. The standard InChI is InChI=1S/C10H18O3/c11-6-8-2-1-4-13-10(8)9-3-5-12-7-9/h8-11H,1-7H2. The van der Waals surface area contributed by atoms with Crippen LogP contribution in [0.4, 0.5) is 0 Å². The second kappa shape index (κ2) is 4.40. The molecule has 3 unspecified atom stereocenters. The van der Waals surface area contributed by atoms with Gasteiger partial charge in [0.05, 0.1) is 12.7 Å². The van der Waals surface area contributed by atoms with E-state index >= 15 is 0 Å². The minimum Gasteiger partial charge on any atom is -0.396 e. The monoisotopic (exact) mass is 186 g/mol. The molecule has 2 aliphatic heterocycles. The van der Waals surface area contributed by atoms with Gasteiger partial charge in [0, 0.05) is 31.7 Å². The first-order valence-electron chi connectivity index (χ1n) is 5.22. The van der Waals surface area contributed by atoms with Gasteiger partial charge in [-0.2, -0.15) is 0 Å². The molecule has 2 heterocycles. The summed E-state index contributed by atoms with van der Waals surface area (Å²) in [7, 11) is 0. The minimum atomic E-state index is 0.251. The molecule has 3 nitrogen and oxygen atoms in total. The van der Waals surface area contributed by atoms with Crippen molar-refractivity contribution in [1.29, 1.82) is 0 Å². The third-order valence-electron chi connectivity index (χ3n) is 3.16. The summed E-state index contributed by atoms with van der Waals surface area (Å²) < 4.78 is 11.1. The van der Waals surface area contributed by atoms with E-state index in [1.165, 1.54) is 0 Å². The van der Waals surface area contributed by atoms with E-state index in [0.29, 0.717) is 11.8 Å². The molecule has 0 aromatic heterocycles. The smallest absolute Gasteiger partial charge is 0.0676 e. The summed E-state index contributed by atoms with van der Waals surface area (Å²) in [6.45, 7) is 2.81. The maximum atomic E-state index is 9.20. The molecule has 0 amide bonds. The highest BCUT2D eigenvalue weighted by atomic mass is 16.5. The van der Waals surface area contributed by atoms with Gasteiger partial charge in [0.1, 0.15) is 0 Å². The van der Waals surface area contributed by atoms with Gasteiger partial charge in [0.25, 0.3) is 0 Å². The number of rotatable bonds is 2. The molecule has 0 aromatic rings. The van der Waals surface area contributed by atoms with E-state index < -0.39 is 0 Å². The third-order valence-corrected chi connectivity index (χ3v) is 3.16. The first kappa shape index (κ1) is 9.44. The van der Waals surface area contributed by atoms with Crippen molar-refractivity contribution in [3.63, 3.8) is 0 Å². The van der Waals surface area contributed by atoms with E-state index in [-0.39, 0.29) is 12.7 Å². The van der Waals surface area contributed by atoms with Crippen LogP contribution in [0.3, 0.4) is 0 Å². The van der Waals surface area contributed by atoms with Crippen molar-refractivity contribution in [1.82, 2.24) is 0 Å². The van der Waals surface area contributed by atoms with Crippen LogP contribution < -0.4 is 0 Å². The van der Waals surface area contributed by atoms with Crippen LogP contribution in [0.25, 0.3) is 0 Å². The third kappa shape index (κ3) is 2.03. The van der Waals surface area contributed by atoms with E-state index in [4.69, 9.17) is 9.47 Å². The largest absolute Gasteiger partial charge is 0.396 e. The zero-order valence-electron chi connectivity index (χ0n) is 7.95. The number of hydrogen-bond donors (Lipinski definition) is 1. The Morgan fingerprint density at radius 3 is 2.85 bits per heavy atom. The first-order chi connectivity index (χ1) is 6.42. The number of aliphatic hydroxyl groups excluding tert-OH is 1. The van der Waals surface area contributed by atoms with Gasteiger partial charge in [0.2, 0.25) is 0 Å². The molecule has 76 valence electrons. The van der Waals surface area contributed by atoms with Gasteiger partial charge < -0.3 is 14.6 Å². The summed E-state index contributed by atoms with van der Waals surface area (Å²) in [6.07, 6.45) is 3.55. The molecule has 0 radical (unpaired) electrons. The van der Waals surface area contributed by atoms with E-state index in [0.717, 1.165) is 39.1 Å². The average Bonchev–Trinajstić information content (AvgIpc) is 2.70. The maximum Gasteiger partial charge on any atom is 0.0676 e. The lowest BCUT2D eigenvalue weighted by atomic mass is 9.86. The second-order valence-electron chi connectivity index (χ2n) is 4.04. The second-order valence-corrected chi connectivity index (χ2v) is 4.04. The highest BCUT2D eigenvalue weighted by Gasteiger charge is 2.34. The fourth-order valence-electron chi connectivity index (χ4n) is 2.39.